The van der Waals surface area contributed by atoms with Gasteiger partial charge in [0.05, 0.1) is 6.10 Å². The molecule has 2 rings (SSSR count). The van der Waals surface area contributed by atoms with Crippen molar-refractivity contribution in [1.29, 1.82) is 0 Å². The molecule has 1 aliphatic rings. The van der Waals surface area contributed by atoms with Crippen LogP contribution in [-0.2, 0) is 5.75 Å². The van der Waals surface area contributed by atoms with Crippen molar-refractivity contribution in [2.45, 2.75) is 30.5 Å². The summed E-state index contributed by atoms with van der Waals surface area (Å²) in [7, 11) is 0. The fourth-order valence-electron chi connectivity index (χ4n) is 1.86. The molecule has 0 spiro atoms. The Bertz CT molecular complexity index is 383. The summed E-state index contributed by atoms with van der Waals surface area (Å²) in [6.45, 7) is 2.02. The number of rotatable bonds is 1. The molecule has 82 valence electrons. The average molecular weight is 247 g/mol. The highest BCUT2D eigenvalue weighted by molar-refractivity contribution is 7.99. The second kappa shape index (κ2) is 4.32. The van der Waals surface area contributed by atoms with Crippen molar-refractivity contribution in [3.8, 4) is 0 Å². The lowest BCUT2D eigenvalue weighted by Crippen LogP contribution is -2.21. The predicted molar refractivity (Wildman–Crippen MR) is 61.7 cm³/mol. The molecule has 2 unspecified atom stereocenters. The van der Waals surface area contributed by atoms with Gasteiger partial charge in [0.1, 0.15) is 5.82 Å². The van der Waals surface area contributed by atoms with Crippen LogP contribution in [0.5, 0.6) is 0 Å². The van der Waals surface area contributed by atoms with Crippen molar-refractivity contribution in [2.75, 3.05) is 0 Å². The van der Waals surface area contributed by atoms with Crippen LogP contribution in [-0.4, -0.2) is 10.4 Å². The van der Waals surface area contributed by atoms with Gasteiger partial charge in [-0.1, -0.05) is 18.5 Å². The molecule has 15 heavy (non-hydrogen) atoms. The van der Waals surface area contributed by atoms with E-state index in [-0.39, 0.29) is 11.1 Å². The summed E-state index contributed by atoms with van der Waals surface area (Å²) in [4.78, 5) is 0. The van der Waals surface area contributed by atoms with Crippen LogP contribution in [0.25, 0.3) is 0 Å². The van der Waals surface area contributed by atoms with Crippen LogP contribution in [0.2, 0.25) is 5.02 Å². The van der Waals surface area contributed by atoms with Crippen LogP contribution in [0, 0.1) is 5.82 Å². The van der Waals surface area contributed by atoms with Crippen molar-refractivity contribution in [3.05, 3.63) is 34.1 Å². The number of aliphatic hydroxyl groups is 1. The van der Waals surface area contributed by atoms with E-state index in [9.17, 15) is 9.50 Å². The zero-order valence-electron chi connectivity index (χ0n) is 8.34. The van der Waals surface area contributed by atoms with Crippen molar-refractivity contribution in [3.63, 3.8) is 0 Å². The highest BCUT2D eigenvalue weighted by Gasteiger charge is 2.29. The van der Waals surface area contributed by atoms with Crippen molar-refractivity contribution in [2.24, 2.45) is 0 Å². The van der Waals surface area contributed by atoms with Gasteiger partial charge in [0.2, 0.25) is 0 Å². The average Bonchev–Trinajstić information content (AvgIpc) is 2.19. The summed E-state index contributed by atoms with van der Waals surface area (Å²) in [6, 6.07) is 2.98. The van der Waals surface area contributed by atoms with E-state index in [1.54, 1.807) is 17.8 Å². The molecule has 0 bridgehead atoms. The minimum atomic E-state index is -0.600. The molecule has 0 amide bonds. The molecule has 1 aliphatic heterocycles. The maximum absolute atomic E-state index is 13.5. The van der Waals surface area contributed by atoms with E-state index in [1.807, 2.05) is 6.92 Å². The Hall–Kier alpha value is -0.250. The molecule has 0 fully saturated rings. The van der Waals surface area contributed by atoms with Gasteiger partial charge in [0, 0.05) is 21.6 Å². The molecule has 0 saturated carbocycles. The van der Waals surface area contributed by atoms with Crippen LogP contribution in [0.1, 0.15) is 30.6 Å². The highest BCUT2D eigenvalue weighted by atomic mass is 35.5. The van der Waals surface area contributed by atoms with Gasteiger partial charge in [-0.3, -0.25) is 0 Å². The maximum Gasteiger partial charge on any atom is 0.129 e. The number of thioether (sulfide) groups is 1. The van der Waals surface area contributed by atoms with Gasteiger partial charge in [-0.15, -0.1) is 0 Å². The van der Waals surface area contributed by atoms with E-state index in [4.69, 9.17) is 11.6 Å². The first-order chi connectivity index (χ1) is 7.13. The minimum absolute atomic E-state index is 0.148. The quantitative estimate of drug-likeness (QED) is 0.818. The lowest BCUT2D eigenvalue weighted by atomic mass is 9.98. The SMILES string of the molecule is CCC1SCc2c(F)cc(Cl)cc2C1O. The molecule has 4 heteroatoms. The topological polar surface area (TPSA) is 20.2 Å². The number of halogens is 2. The van der Waals surface area contributed by atoms with Crippen molar-refractivity contribution >= 4 is 23.4 Å². The molecule has 2 atom stereocenters. The standard InChI is InChI=1S/C11H12ClFOS/c1-2-10-11(14)7-3-6(12)4-9(13)8(7)5-15-10/h3-4,10-11,14H,2,5H2,1H3. The van der Waals surface area contributed by atoms with Gasteiger partial charge < -0.3 is 5.11 Å². The fraction of sp³-hybridized carbons (Fsp3) is 0.455. The van der Waals surface area contributed by atoms with E-state index < -0.39 is 6.10 Å². The molecule has 0 radical (unpaired) electrons. The summed E-state index contributed by atoms with van der Waals surface area (Å²) >= 11 is 7.38. The second-order valence-electron chi connectivity index (χ2n) is 3.66. The van der Waals surface area contributed by atoms with Gasteiger partial charge in [-0.25, -0.2) is 4.39 Å². The third kappa shape index (κ3) is 2.01. The number of benzene rings is 1. The summed E-state index contributed by atoms with van der Waals surface area (Å²) in [5.41, 5.74) is 1.26. The van der Waals surface area contributed by atoms with E-state index in [1.165, 1.54) is 6.07 Å². The molecule has 1 aromatic rings. The summed E-state index contributed by atoms with van der Waals surface area (Å²) in [5.74, 6) is 0.312. The summed E-state index contributed by atoms with van der Waals surface area (Å²) in [6.07, 6.45) is 0.274. The first kappa shape index (κ1) is 11.2. The van der Waals surface area contributed by atoms with Crippen LogP contribution in [0.4, 0.5) is 4.39 Å². The molecule has 0 aromatic heterocycles. The lowest BCUT2D eigenvalue weighted by Gasteiger charge is -2.29. The maximum atomic E-state index is 13.5. The molecule has 1 heterocycles. The molecule has 1 aromatic carbocycles. The highest BCUT2D eigenvalue weighted by Crippen LogP contribution is 2.41. The minimum Gasteiger partial charge on any atom is -0.387 e. The van der Waals surface area contributed by atoms with Gasteiger partial charge in [-0.2, -0.15) is 11.8 Å². The second-order valence-corrected chi connectivity index (χ2v) is 5.32. The Morgan fingerprint density at radius 3 is 3.00 bits per heavy atom. The summed E-state index contributed by atoms with van der Waals surface area (Å²) < 4.78 is 13.5. The molecule has 1 N–H and O–H groups in total. The first-order valence-electron chi connectivity index (χ1n) is 4.91. The van der Waals surface area contributed by atoms with Crippen LogP contribution in [0.3, 0.4) is 0 Å². The Balaban J connectivity index is 2.46. The number of fused-ring (bicyclic) bond motifs is 1. The largest absolute Gasteiger partial charge is 0.387 e. The van der Waals surface area contributed by atoms with Crippen molar-refractivity contribution < 1.29 is 9.50 Å². The van der Waals surface area contributed by atoms with Gasteiger partial charge in [-0.05, 0) is 24.1 Å². The normalized spacial score (nSPS) is 25.1. The Kier molecular flexibility index (Phi) is 3.24. The zero-order valence-corrected chi connectivity index (χ0v) is 9.91. The molecule has 1 nitrogen and oxygen atoms in total. The van der Waals surface area contributed by atoms with Gasteiger partial charge >= 0.3 is 0 Å². The van der Waals surface area contributed by atoms with Gasteiger partial charge in [0.25, 0.3) is 0 Å². The van der Waals surface area contributed by atoms with Crippen LogP contribution in [0.15, 0.2) is 12.1 Å². The zero-order chi connectivity index (χ0) is 11.0. The van der Waals surface area contributed by atoms with E-state index in [2.05, 4.69) is 0 Å². The van der Waals surface area contributed by atoms with Crippen molar-refractivity contribution in [1.82, 2.24) is 0 Å². The first-order valence-corrected chi connectivity index (χ1v) is 6.33. The fourth-order valence-corrected chi connectivity index (χ4v) is 3.33. The monoisotopic (exact) mass is 246 g/mol. The Labute approximate surface area is 97.6 Å². The number of hydrogen-bond acceptors (Lipinski definition) is 2. The summed E-state index contributed by atoms with van der Waals surface area (Å²) in [5, 5.41) is 10.5. The van der Waals surface area contributed by atoms with Crippen LogP contribution >= 0.6 is 23.4 Å². The van der Waals surface area contributed by atoms with E-state index >= 15 is 0 Å². The number of aliphatic hydroxyl groups excluding tert-OH is 1. The molecule has 0 aliphatic carbocycles. The lowest BCUT2D eigenvalue weighted by molar-refractivity contribution is 0.169. The third-order valence-electron chi connectivity index (χ3n) is 2.71. The van der Waals surface area contributed by atoms with Gasteiger partial charge in [0.15, 0.2) is 0 Å². The van der Waals surface area contributed by atoms with Crippen LogP contribution < -0.4 is 0 Å². The molecular formula is C11H12ClFOS. The Morgan fingerprint density at radius 2 is 2.33 bits per heavy atom. The van der Waals surface area contributed by atoms with E-state index in [0.29, 0.717) is 21.9 Å². The Morgan fingerprint density at radius 1 is 1.60 bits per heavy atom. The predicted octanol–water partition coefficient (Wildman–Crippen LogP) is 3.54. The smallest absolute Gasteiger partial charge is 0.129 e. The number of hydrogen-bond donors (Lipinski definition) is 1. The van der Waals surface area contributed by atoms with E-state index in [0.717, 1.165) is 6.42 Å². The molecular weight excluding hydrogens is 235 g/mol. The third-order valence-corrected chi connectivity index (χ3v) is 4.40. The molecule has 0 saturated heterocycles.